The molecule has 0 unspecified atom stereocenters. The molecule has 1 aliphatic heterocycles. The van der Waals surface area contributed by atoms with Crippen LogP contribution in [-0.2, 0) is 11.3 Å². The van der Waals surface area contributed by atoms with E-state index in [9.17, 15) is 0 Å². The van der Waals surface area contributed by atoms with E-state index < -0.39 is 0 Å². The summed E-state index contributed by atoms with van der Waals surface area (Å²) in [6.07, 6.45) is 3.17. The van der Waals surface area contributed by atoms with E-state index in [0.29, 0.717) is 0 Å². The second-order valence-corrected chi connectivity index (χ2v) is 5.08. The highest BCUT2D eigenvalue weighted by atomic mass is 16.5. The third-order valence-corrected chi connectivity index (χ3v) is 3.34. The number of benzene rings is 1. The lowest BCUT2D eigenvalue weighted by atomic mass is 10.1. The molecule has 1 heterocycles. The molecule has 112 valence electrons. The average molecular weight is 279 g/mol. The molecular formula is C16H25NO3. The zero-order valence-corrected chi connectivity index (χ0v) is 12.5. The molecule has 0 amide bonds. The molecule has 0 aromatic heterocycles. The van der Waals surface area contributed by atoms with Gasteiger partial charge in [0.15, 0.2) is 0 Å². The standard InChI is InChI=1S/C16H25NO3/c1-3-8-19-15-5-4-13(12-17-2)16(11-15)20-14-6-9-18-10-7-14/h4-5,11,14,17H,3,6-10,12H2,1-2H3. The van der Waals surface area contributed by atoms with Crippen LogP contribution in [0.1, 0.15) is 31.7 Å². The van der Waals surface area contributed by atoms with E-state index in [0.717, 1.165) is 57.1 Å². The molecule has 1 aliphatic rings. The SMILES string of the molecule is CCCOc1ccc(CNC)c(OC2CCOCC2)c1. The minimum Gasteiger partial charge on any atom is -0.493 e. The largest absolute Gasteiger partial charge is 0.493 e. The minimum absolute atomic E-state index is 0.251. The van der Waals surface area contributed by atoms with Crippen LogP contribution >= 0.6 is 0 Å². The van der Waals surface area contributed by atoms with Crippen LogP contribution in [0.25, 0.3) is 0 Å². The molecule has 0 spiro atoms. The molecule has 20 heavy (non-hydrogen) atoms. The first-order chi connectivity index (χ1) is 9.83. The highest BCUT2D eigenvalue weighted by Gasteiger charge is 2.17. The van der Waals surface area contributed by atoms with Crippen molar-refractivity contribution in [3.05, 3.63) is 23.8 Å². The van der Waals surface area contributed by atoms with Gasteiger partial charge in [-0.25, -0.2) is 0 Å². The average Bonchev–Trinajstić information content (AvgIpc) is 2.49. The highest BCUT2D eigenvalue weighted by Crippen LogP contribution is 2.27. The molecule has 2 rings (SSSR count). The van der Waals surface area contributed by atoms with Crippen molar-refractivity contribution < 1.29 is 14.2 Å². The monoisotopic (exact) mass is 279 g/mol. The topological polar surface area (TPSA) is 39.7 Å². The van der Waals surface area contributed by atoms with Crippen LogP contribution in [0.15, 0.2) is 18.2 Å². The fraction of sp³-hybridized carbons (Fsp3) is 0.625. The number of nitrogens with one attached hydrogen (secondary N) is 1. The van der Waals surface area contributed by atoms with Gasteiger partial charge in [0.05, 0.1) is 19.8 Å². The number of hydrogen-bond acceptors (Lipinski definition) is 4. The molecule has 0 saturated carbocycles. The predicted octanol–water partition coefficient (Wildman–Crippen LogP) is 2.75. The van der Waals surface area contributed by atoms with Crippen LogP contribution in [0.4, 0.5) is 0 Å². The maximum atomic E-state index is 6.16. The van der Waals surface area contributed by atoms with Gasteiger partial charge in [0.2, 0.25) is 0 Å². The molecule has 1 saturated heterocycles. The highest BCUT2D eigenvalue weighted by molar-refractivity contribution is 5.41. The van der Waals surface area contributed by atoms with Crippen molar-refractivity contribution in [2.24, 2.45) is 0 Å². The Balaban J connectivity index is 2.08. The van der Waals surface area contributed by atoms with Gasteiger partial charge in [0.1, 0.15) is 17.6 Å². The van der Waals surface area contributed by atoms with E-state index in [1.807, 2.05) is 19.2 Å². The van der Waals surface area contributed by atoms with E-state index in [1.165, 1.54) is 5.56 Å². The summed E-state index contributed by atoms with van der Waals surface area (Å²) in [6, 6.07) is 6.10. The van der Waals surface area contributed by atoms with Crippen LogP contribution in [0.2, 0.25) is 0 Å². The quantitative estimate of drug-likeness (QED) is 0.833. The first-order valence-electron chi connectivity index (χ1n) is 7.48. The Bertz CT molecular complexity index is 403. The first-order valence-corrected chi connectivity index (χ1v) is 7.48. The van der Waals surface area contributed by atoms with E-state index in [1.54, 1.807) is 0 Å². The summed E-state index contributed by atoms with van der Waals surface area (Å²) in [5.74, 6) is 1.81. The molecular weight excluding hydrogens is 254 g/mol. The summed E-state index contributed by atoms with van der Waals surface area (Å²) in [5.41, 5.74) is 1.17. The second-order valence-electron chi connectivity index (χ2n) is 5.08. The molecule has 1 fully saturated rings. The number of rotatable bonds is 7. The number of ether oxygens (including phenoxy) is 3. The summed E-state index contributed by atoms with van der Waals surface area (Å²) in [6.45, 7) is 5.22. The van der Waals surface area contributed by atoms with Crippen LogP contribution in [0.5, 0.6) is 11.5 Å². The molecule has 0 radical (unpaired) electrons. The molecule has 0 aliphatic carbocycles. The van der Waals surface area contributed by atoms with Crippen molar-refractivity contribution >= 4 is 0 Å². The maximum Gasteiger partial charge on any atom is 0.127 e. The van der Waals surface area contributed by atoms with Gasteiger partial charge in [-0.15, -0.1) is 0 Å². The predicted molar refractivity (Wildman–Crippen MR) is 79.5 cm³/mol. The lowest BCUT2D eigenvalue weighted by Crippen LogP contribution is -2.26. The summed E-state index contributed by atoms with van der Waals surface area (Å²) in [5, 5.41) is 3.18. The van der Waals surface area contributed by atoms with E-state index in [-0.39, 0.29) is 6.10 Å². The third kappa shape index (κ3) is 4.39. The minimum atomic E-state index is 0.251. The van der Waals surface area contributed by atoms with Gasteiger partial charge in [-0.2, -0.15) is 0 Å². The van der Waals surface area contributed by atoms with Crippen molar-refractivity contribution in [3.63, 3.8) is 0 Å². The molecule has 1 aromatic rings. The summed E-state index contributed by atoms with van der Waals surface area (Å²) >= 11 is 0. The van der Waals surface area contributed by atoms with Gasteiger partial charge in [-0.3, -0.25) is 0 Å². The Kier molecular flexibility index (Phi) is 6.15. The van der Waals surface area contributed by atoms with Crippen molar-refractivity contribution in [2.45, 2.75) is 38.8 Å². The fourth-order valence-electron chi connectivity index (χ4n) is 2.26. The Labute approximate surface area is 121 Å². The van der Waals surface area contributed by atoms with Gasteiger partial charge >= 0.3 is 0 Å². The lowest BCUT2D eigenvalue weighted by Gasteiger charge is -2.25. The molecule has 4 nitrogen and oxygen atoms in total. The summed E-state index contributed by atoms with van der Waals surface area (Å²) in [4.78, 5) is 0. The normalized spacial score (nSPS) is 16.1. The Morgan fingerprint density at radius 1 is 1.30 bits per heavy atom. The van der Waals surface area contributed by atoms with Crippen LogP contribution < -0.4 is 14.8 Å². The second kappa shape index (κ2) is 8.12. The maximum absolute atomic E-state index is 6.16. The summed E-state index contributed by atoms with van der Waals surface area (Å²) < 4.78 is 17.2. The van der Waals surface area contributed by atoms with Crippen molar-refractivity contribution in [1.82, 2.24) is 5.32 Å². The molecule has 0 bridgehead atoms. The van der Waals surface area contributed by atoms with Crippen LogP contribution in [0.3, 0.4) is 0 Å². The van der Waals surface area contributed by atoms with Gasteiger partial charge < -0.3 is 19.5 Å². The first kappa shape index (κ1) is 15.1. The Hall–Kier alpha value is -1.26. The zero-order chi connectivity index (χ0) is 14.2. The van der Waals surface area contributed by atoms with E-state index in [4.69, 9.17) is 14.2 Å². The van der Waals surface area contributed by atoms with Gasteiger partial charge in [0, 0.05) is 31.0 Å². The lowest BCUT2D eigenvalue weighted by molar-refractivity contribution is 0.0251. The molecule has 0 atom stereocenters. The van der Waals surface area contributed by atoms with Crippen LogP contribution in [0, 0.1) is 0 Å². The fourth-order valence-corrected chi connectivity index (χ4v) is 2.26. The van der Waals surface area contributed by atoms with Gasteiger partial charge in [0.25, 0.3) is 0 Å². The van der Waals surface area contributed by atoms with Crippen LogP contribution in [-0.4, -0.2) is 33.0 Å². The molecule has 4 heteroatoms. The van der Waals surface area contributed by atoms with Gasteiger partial charge in [-0.1, -0.05) is 13.0 Å². The molecule has 1 aromatic carbocycles. The van der Waals surface area contributed by atoms with Crippen molar-refractivity contribution in [1.29, 1.82) is 0 Å². The smallest absolute Gasteiger partial charge is 0.127 e. The van der Waals surface area contributed by atoms with Crippen molar-refractivity contribution in [2.75, 3.05) is 26.9 Å². The van der Waals surface area contributed by atoms with E-state index in [2.05, 4.69) is 18.3 Å². The third-order valence-electron chi connectivity index (χ3n) is 3.34. The Morgan fingerprint density at radius 3 is 2.80 bits per heavy atom. The zero-order valence-electron chi connectivity index (χ0n) is 12.5. The Morgan fingerprint density at radius 2 is 2.10 bits per heavy atom. The number of hydrogen-bond donors (Lipinski definition) is 1. The van der Waals surface area contributed by atoms with Crippen molar-refractivity contribution in [3.8, 4) is 11.5 Å². The summed E-state index contributed by atoms with van der Waals surface area (Å²) in [7, 11) is 1.94. The van der Waals surface area contributed by atoms with E-state index >= 15 is 0 Å². The molecule has 1 N–H and O–H groups in total. The van der Waals surface area contributed by atoms with Gasteiger partial charge in [-0.05, 0) is 19.5 Å².